The van der Waals surface area contributed by atoms with Crippen molar-refractivity contribution in [1.82, 2.24) is 9.13 Å². The number of nitrogens with zero attached hydrogens (tertiary/aromatic N) is 3. The number of hydrogen-bond donors (Lipinski definition) is 0. The molecule has 0 unspecified atom stereocenters. The fraction of sp³-hybridized carbons (Fsp3) is 0.500. The number of hydrogen-bond acceptors (Lipinski definition) is 5. The van der Waals surface area contributed by atoms with E-state index in [9.17, 15) is 14.4 Å². The molecule has 2 rings (SSSR count). The summed E-state index contributed by atoms with van der Waals surface area (Å²) in [5.41, 5.74) is -1.46. The summed E-state index contributed by atoms with van der Waals surface area (Å²) in [5.74, 6) is -0.667. The van der Waals surface area contributed by atoms with Gasteiger partial charge in [-0.15, -0.1) is 0 Å². The Bertz CT molecular complexity index is 661. The fourth-order valence-electron chi connectivity index (χ4n) is 1.79. The highest BCUT2D eigenvalue weighted by atomic mass is 16.5. The molecule has 0 saturated heterocycles. The first-order valence-corrected chi connectivity index (χ1v) is 6.00. The predicted octanol–water partition coefficient (Wildman–Crippen LogP) is -0.220. The molecule has 1 aromatic heterocycles. The van der Waals surface area contributed by atoms with Crippen LogP contribution in [-0.2, 0) is 16.1 Å². The molecular formula is C12H13N3O4. The van der Waals surface area contributed by atoms with Gasteiger partial charge >= 0.3 is 11.7 Å². The fourth-order valence-corrected chi connectivity index (χ4v) is 1.79. The number of aromatic nitrogens is 2. The molecule has 1 saturated carbocycles. The highest BCUT2D eigenvalue weighted by Gasteiger charge is 2.27. The van der Waals surface area contributed by atoms with E-state index in [-0.39, 0.29) is 18.2 Å². The highest BCUT2D eigenvalue weighted by Crippen LogP contribution is 2.33. The Morgan fingerprint density at radius 3 is 2.74 bits per heavy atom. The monoisotopic (exact) mass is 263 g/mol. The van der Waals surface area contributed by atoms with Crippen molar-refractivity contribution >= 4 is 5.97 Å². The maximum absolute atomic E-state index is 12.1. The number of nitriles is 1. The Morgan fingerprint density at radius 1 is 1.53 bits per heavy atom. The lowest BCUT2D eigenvalue weighted by molar-refractivity contribution is -0.143. The SMILES string of the molecule is CCOC(=O)Cn1c(=O)c(C#N)cn(C2CC2)c1=O. The van der Waals surface area contributed by atoms with Crippen LogP contribution in [0.25, 0.3) is 0 Å². The summed E-state index contributed by atoms with van der Waals surface area (Å²) in [7, 11) is 0. The zero-order chi connectivity index (χ0) is 14.0. The van der Waals surface area contributed by atoms with E-state index in [0.717, 1.165) is 17.4 Å². The molecule has 0 atom stereocenters. The number of carbonyl (C=O) groups is 1. The van der Waals surface area contributed by atoms with Gasteiger partial charge in [0.15, 0.2) is 0 Å². The van der Waals surface area contributed by atoms with Gasteiger partial charge in [0.25, 0.3) is 5.56 Å². The maximum atomic E-state index is 12.1. The van der Waals surface area contributed by atoms with E-state index in [1.807, 2.05) is 0 Å². The van der Waals surface area contributed by atoms with Gasteiger partial charge < -0.3 is 4.74 Å². The van der Waals surface area contributed by atoms with Gasteiger partial charge in [-0.2, -0.15) is 5.26 Å². The molecule has 100 valence electrons. The topological polar surface area (TPSA) is 94.1 Å². The van der Waals surface area contributed by atoms with E-state index in [0.29, 0.717) is 0 Å². The normalized spacial score (nSPS) is 13.9. The van der Waals surface area contributed by atoms with Crippen LogP contribution in [0.4, 0.5) is 0 Å². The van der Waals surface area contributed by atoms with Crippen LogP contribution in [0.5, 0.6) is 0 Å². The Kier molecular flexibility index (Phi) is 3.51. The zero-order valence-electron chi connectivity index (χ0n) is 10.5. The molecule has 0 aliphatic heterocycles. The summed E-state index contributed by atoms with van der Waals surface area (Å²) in [6.07, 6.45) is 2.94. The third kappa shape index (κ3) is 2.57. The summed E-state index contributed by atoms with van der Waals surface area (Å²) in [6, 6.07) is 1.77. The van der Waals surface area contributed by atoms with Crippen molar-refractivity contribution in [2.24, 2.45) is 0 Å². The van der Waals surface area contributed by atoms with E-state index in [2.05, 4.69) is 0 Å². The molecule has 0 aromatic carbocycles. The molecule has 1 aromatic rings. The minimum atomic E-state index is -0.752. The average Bonchev–Trinajstić information content (AvgIpc) is 3.19. The number of esters is 1. The molecule has 1 fully saturated rings. The van der Waals surface area contributed by atoms with Crippen LogP contribution in [-0.4, -0.2) is 21.7 Å². The van der Waals surface area contributed by atoms with E-state index in [1.165, 1.54) is 10.8 Å². The van der Waals surface area contributed by atoms with Gasteiger partial charge in [0.2, 0.25) is 0 Å². The van der Waals surface area contributed by atoms with E-state index in [1.54, 1.807) is 13.0 Å². The van der Waals surface area contributed by atoms with Gasteiger partial charge in [-0.3, -0.25) is 14.2 Å². The zero-order valence-corrected chi connectivity index (χ0v) is 10.5. The molecule has 7 nitrogen and oxygen atoms in total. The average molecular weight is 263 g/mol. The molecule has 7 heteroatoms. The second-order valence-electron chi connectivity index (χ2n) is 4.27. The lowest BCUT2D eigenvalue weighted by Gasteiger charge is -2.09. The summed E-state index contributed by atoms with van der Waals surface area (Å²) >= 11 is 0. The Labute approximate surface area is 108 Å². The van der Waals surface area contributed by atoms with Gasteiger partial charge in [0, 0.05) is 12.2 Å². The Hall–Kier alpha value is -2.36. The molecular weight excluding hydrogens is 250 g/mol. The standard InChI is InChI=1S/C12H13N3O4/c1-2-19-10(16)7-15-11(17)8(5-13)6-14(12(15)18)9-3-4-9/h6,9H,2-4,7H2,1H3. The van der Waals surface area contributed by atoms with Gasteiger partial charge in [-0.25, -0.2) is 9.36 Å². The van der Waals surface area contributed by atoms with Gasteiger partial charge in [-0.1, -0.05) is 0 Å². The van der Waals surface area contributed by atoms with E-state index >= 15 is 0 Å². The van der Waals surface area contributed by atoms with Gasteiger partial charge in [0.1, 0.15) is 18.2 Å². The van der Waals surface area contributed by atoms with Crippen LogP contribution in [0.3, 0.4) is 0 Å². The van der Waals surface area contributed by atoms with Crippen molar-refractivity contribution in [2.75, 3.05) is 6.61 Å². The molecule has 1 aliphatic rings. The third-order valence-corrected chi connectivity index (χ3v) is 2.85. The summed E-state index contributed by atoms with van der Waals surface area (Å²) in [5, 5.41) is 8.90. The van der Waals surface area contributed by atoms with Crippen LogP contribution in [0, 0.1) is 11.3 Å². The van der Waals surface area contributed by atoms with Crippen LogP contribution in [0.1, 0.15) is 31.4 Å². The van der Waals surface area contributed by atoms with Crippen molar-refractivity contribution in [2.45, 2.75) is 32.4 Å². The third-order valence-electron chi connectivity index (χ3n) is 2.85. The second-order valence-corrected chi connectivity index (χ2v) is 4.27. The second kappa shape index (κ2) is 5.10. The van der Waals surface area contributed by atoms with E-state index in [4.69, 9.17) is 10.00 Å². The minimum absolute atomic E-state index is 0.0219. The first-order chi connectivity index (χ1) is 9.08. The van der Waals surface area contributed by atoms with Crippen LogP contribution < -0.4 is 11.2 Å². The van der Waals surface area contributed by atoms with Crippen molar-refractivity contribution in [3.63, 3.8) is 0 Å². The quantitative estimate of drug-likeness (QED) is 0.700. The lowest BCUT2D eigenvalue weighted by atomic mass is 10.3. The summed E-state index contributed by atoms with van der Waals surface area (Å²) in [4.78, 5) is 35.4. The first-order valence-electron chi connectivity index (χ1n) is 6.00. The van der Waals surface area contributed by atoms with E-state index < -0.39 is 23.8 Å². The maximum Gasteiger partial charge on any atom is 0.331 e. The summed E-state index contributed by atoms with van der Waals surface area (Å²) < 4.78 is 6.82. The summed E-state index contributed by atoms with van der Waals surface area (Å²) in [6.45, 7) is 1.34. The Morgan fingerprint density at radius 2 is 2.21 bits per heavy atom. The number of rotatable bonds is 4. The molecule has 1 aliphatic carbocycles. The molecule has 0 bridgehead atoms. The largest absolute Gasteiger partial charge is 0.465 e. The number of carbonyl (C=O) groups excluding carboxylic acids is 1. The molecule has 0 spiro atoms. The molecule has 0 amide bonds. The lowest BCUT2D eigenvalue weighted by Crippen LogP contribution is -2.42. The highest BCUT2D eigenvalue weighted by molar-refractivity contribution is 5.69. The first kappa shape index (κ1) is 13.1. The van der Waals surface area contributed by atoms with Crippen molar-refractivity contribution in [1.29, 1.82) is 5.26 Å². The molecule has 0 N–H and O–H groups in total. The van der Waals surface area contributed by atoms with Crippen molar-refractivity contribution in [3.05, 3.63) is 32.6 Å². The van der Waals surface area contributed by atoms with Crippen LogP contribution in [0.2, 0.25) is 0 Å². The van der Waals surface area contributed by atoms with Crippen LogP contribution >= 0.6 is 0 Å². The minimum Gasteiger partial charge on any atom is -0.465 e. The molecule has 1 heterocycles. The Balaban J connectivity index is 2.49. The molecule has 0 radical (unpaired) electrons. The van der Waals surface area contributed by atoms with Crippen molar-refractivity contribution < 1.29 is 9.53 Å². The van der Waals surface area contributed by atoms with Crippen molar-refractivity contribution in [3.8, 4) is 6.07 Å². The van der Waals surface area contributed by atoms with Gasteiger partial charge in [-0.05, 0) is 19.8 Å². The smallest absolute Gasteiger partial charge is 0.331 e. The predicted molar refractivity (Wildman–Crippen MR) is 64.6 cm³/mol. The van der Waals surface area contributed by atoms with Crippen LogP contribution in [0.15, 0.2) is 15.8 Å². The molecule has 19 heavy (non-hydrogen) atoms. The number of ether oxygens (including phenoxy) is 1. The van der Waals surface area contributed by atoms with Gasteiger partial charge in [0.05, 0.1) is 6.61 Å².